The molecule has 1 aromatic carbocycles. The minimum absolute atomic E-state index is 0.389. The van der Waals surface area contributed by atoms with Crippen LogP contribution in [-0.2, 0) is 6.54 Å². The van der Waals surface area contributed by atoms with Crippen molar-refractivity contribution in [2.75, 3.05) is 0 Å². The van der Waals surface area contributed by atoms with E-state index in [2.05, 4.69) is 31.1 Å². The van der Waals surface area contributed by atoms with Crippen molar-refractivity contribution in [3.05, 3.63) is 52.3 Å². The highest BCUT2D eigenvalue weighted by atomic mass is 79.9. The molecule has 6 nitrogen and oxygen atoms in total. The molecule has 4 rings (SSSR count). The van der Waals surface area contributed by atoms with E-state index in [0.29, 0.717) is 29.5 Å². The number of nitrogens with zero attached hydrogens (tertiary/aromatic N) is 5. The third kappa shape index (κ3) is 3.07. The molecule has 8 heteroatoms. The topological polar surface area (TPSA) is 68.8 Å². The lowest BCUT2D eigenvalue weighted by Gasteiger charge is -2.26. The summed E-state index contributed by atoms with van der Waals surface area (Å²) in [7, 11) is 0. The lowest BCUT2D eigenvalue weighted by Crippen LogP contribution is -2.18. The van der Waals surface area contributed by atoms with E-state index >= 15 is 0 Å². The summed E-state index contributed by atoms with van der Waals surface area (Å²) < 4.78 is 18.3. The average molecular weight is 420 g/mol. The summed E-state index contributed by atoms with van der Waals surface area (Å²) in [5, 5.41) is 18.8. The van der Waals surface area contributed by atoms with Crippen LogP contribution in [0.4, 0.5) is 4.39 Å². The molecule has 0 saturated heterocycles. The predicted molar refractivity (Wildman–Crippen MR) is 98.0 cm³/mol. The maximum atomic E-state index is 13.6. The third-order valence-electron chi connectivity index (χ3n) is 4.86. The highest BCUT2D eigenvalue weighted by Gasteiger charge is 2.24. The van der Waals surface area contributed by atoms with Crippen LogP contribution < -0.4 is 0 Å². The highest BCUT2D eigenvalue weighted by molar-refractivity contribution is 9.10. The molecule has 26 heavy (non-hydrogen) atoms. The van der Waals surface area contributed by atoms with Crippen LogP contribution in [-0.4, -0.2) is 29.7 Å². The van der Waals surface area contributed by atoms with Gasteiger partial charge in [0.1, 0.15) is 16.7 Å². The van der Waals surface area contributed by atoms with E-state index in [4.69, 9.17) is 0 Å². The van der Waals surface area contributed by atoms with Crippen LogP contribution in [0.15, 0.2) is 35.3 Å². The number of aliphatic hydroxyl groups excluding tert-OH is 1. The standard InChI is InChI=1S/C18H19BrFN5O/c1-11(26)16-7-13(20)5-6-15(16)18-21-10-23-24(18)9-12-8-22-25(17(12)19)14-3-2-4-14/h5-8,10-11,14,26H,2-4,9H2,1H3. The lowest BCUT2D eigenvalue weighted by molar-refractivity contribution is 0.199. The average Bonchev–Trinajstić information content (AvgIpc) is 3.15. The maximum Gasteiger partial charge on any atom is 0.158 e. The van der Waals surface area contributed by atoms with Crippen molar-refractivity contribution in [2.45, 2.75) is 44.9 Å². The summed E-state index contributed by atoms with van der Waals surface area (Å²) in [4.78, 5) is 4.33. The first-order valence-electron chi connectivity index (χ1n) is 8.62. The van der Waals surface area contributed by atoms with Crippen LogP contribution in [0.1, 0.15) is 49.5 Å². The predicted octanol–water partition coefficient (Wildman–Crippen LogP) is 3.87. The monoisotopic (exact) mass is 419 g/mol. The minimum Gasteiger partial charge on any atom is -0.389 e. The molecule has 1 N–H and O–H groups in total. The third-order valence-corrected chi connectivity index (χ3v) is 5.74. The van der Waals surface area contributed by atoms with Crippen LogP contribution in [0.2, 0.25) is 0 Å². The highest BCUT2D eigenvalue weighted by Crippen LogP contribution is 2.35. The molecule has 0 spiro atoms. The van der Waals surface area contributed by atoms with Gasteiger partial charge in [-0.3, -0.25) is 4.68 Å². The van der Waals surface area contributed by atoms with Gasteiger partial charge >= 0.3 is 0 Å². The Bertz CT molecular complexity index is 932. The molecule has 0 radical (unpaired) electrons. The molecule has 0 bridgehead atoms. The van der Waals surface area contributed by atoms with Crippen molar-refractivity contribution in [1.82, 2.24) is 24.5 Å². The Hall–Kier alpha value is -2.06. The van der Waals surface area contributed by atoms with E-state index in [1.807, 2.05) is 10.9 Å². The summed E-state index contributed by atoms with van der Waals surface area (Å²) in [5.74, 6) is 0.199. The molecule has 2 aromatic heterocycles. The number of rotatable bonds is 5. The summed E-state index contributed by atoms with van der Waals surface area (Å²) in [6.45, 7) is 2.09. The largest absolute Gasteiger partial charge is 0.389 e. The molecular weight excluding hydrogens is 401 g/mol. The zero-order valence-electron chi connectivity index (χ0n) is 14.3. The van der Waals surface area contributed by atoms with Crippen LogP contribution in [0, 0.1) is 5.82 Å². The molecule has 0 aliphatic heterocycles. The van der Waals surface area contributed by atoms with Crippen molar-refractivity contribution in [3.8, 4) is 11.4 Å². The number of hydrogen-bond donors (Lipinski definition) is 1. The van der Waals surface area contributed by atoms with Gasteiger partial charge in [-0.2, -0.15) is 10.2 Å². The summed E-state index contributed by atoms with van der Waals surface area (Å²) >= 11 is 3.65. The molecule has 2 heterocycles. The van der Waals surface area contributed by atoms with Gasteiger partial charge in [-0.15, -0.1) is 0 Å². The van der Waals surface area contributed by atoms with Crippen molar-refractivity contribution in [2.24, 2.45) is 0 Å². The van der Waals surface area contributed by atoms with Gasteiger partial charge in [0.25, 0.3) is 0 Å². The Balaban J connectivity index is 1.67. The second kappa shape index (κ2) is 6.92. The molecule has 0 amide bonds. The summed E-state index contributed by atoms with van der Waals surface area (Å²) in [6.07, 6.45) is 6.05. The molecular formula is C18H19BrFN5O. The summed E-state index contributed by atoms with van der Waals surface area (Å²) in [5.41, 5.74) is 2.16. The number of hydrogen-bond acceptors (Lipinski definition) is 4. The van der Waals surface area contributed by atoms with Gasteiger partial charge in [-0.05, 0) is 65.9 Å². The fourth-order valence-electron chi connectivity index (χ4n) is 3.21. The van der Waals surface area contributed by atoms with Gasteiger partial charge in [0.15, 0.2) is 5.82 Å². The van der Waals surface area contributed by atoms with Crippen LogP contribution >= 0.6 is 15.9 Å². The molecule has 1 saturated carbocycles. The molecule has 1 unspecified atom stereocenters. The second-order valence-electron chi connectivity index (χ2n) is 6.64. The van der Waals surface area contributed by atoms with Gasteiger partial charge in [-0.25, -0.2) is 14.1 Å². The van der Waals surface area contributed by atoms with Crippen molar-refractivity contribution in [1.29, 1.82) is 0 Å². The minimum atomic E-state index is -0.807. The second-order valence-corrected chi connectivity index (χ2v) is 7.39. The zero-order chi connectivity index (χ0) is 18.3. The first kappa shape index (κ1) is 17.4. The van der Waals surface area contributed by atoms with E-state index in [9.17, 15) is 9.50 Å². The zero-order valence-corrected chi connectivity index (χ0v) is 15.9. The van der Waals surface area contributed by atoms with Gasteiger partial charge in [-0.1, -0.05) is 0 Å². The number of halogens is 2. The van der Waals surface area contributed by atoms with Crippen molar-refractivity contribution < 1.29 is 9.50 Å². The molecule has 3 aromatic rings. The van der Waals surface area contributed by atoms with E-state index in [-0.39, 0.29) is 5.82 Å². The molecule has 1 aliphatic carbocycles. The van der Waals surface area contributed by atoms with E-state index in [0.717, 1.165) is 23.0 Å². The SMILES string of the molecule is CC(O)c1cc(F)ccc1-c1ncnn1Cc1cnn(C2CCC2)c1Br. The van der Waals surface area contributed by atoms with Gasteiger partial charge in [0, 0.05) is 11.1 Å². The van der Waals surface area contributed by atoms with Gasteiger partial charge < -0.3 is 5.11 Å². The first-order valence-corrected chi connectivity index (χ1v) is 9.41. The van der Waals surface area contributed by atoms with E-state index < -0.39 is 6.10 Å². The quantitative estimate of drug-likeness (QED) is 0.681. The molecule has 1 fully saturated rings. The number of aliphatic hydroxyl groups is 1. The van der Waals surface area contributed by atoms with E-state index in [1.54, 1.807) is 17.7 Å². The Morgan fingerprint density at radius 2 is 2.15 bits per heavy atom. The molecule has 1 atom stereocenters. The summed E-state index contributed by atoms with van der Waals surface area (Å²) in [6, 6.07) is 4.80. The van der Waals surface area contributed by atoms with E-state index in [1.165, 1.54) is 24.9 Å². The van der Waals surface area contributed by atoms with Crippen LogP contribution in [0.25, 0.3) is 11.4 Å². The fraction of sp³-hybridized carbons (Fsp3) is 0.389. The Labute approximate surface area is 158 Å². The van der Waals surface area contributed by atoms with Crippen LogP contribution in [0.5, 0.6) is 0 Å². The smallest absolute Gasteiger partial charge is 0.158 e. The first-order chi connectivity index (χ1) is 12.5. The molecule has 136 valence electrons. The Morgan fingerprint density at radius 1 is 1.35 bits per heavy atom. The Kier molecular flexibility index (Phi) is 4.62. The van der Waals surface area contributed by atoms with Gasteiger partial charge in [0.05, 0.1) is 24.9 Å². The van der Waals surface area contributed by atoms with Crippen LogP contribution in [0.3, 0.4) is 0 Å². The van der Waals surface area contributed by atoms with Gasteiger partial charge in [0.2, 0.25) is 0 Å². The molecule has 1 aliphatic rings. The van der Waals surface area contributed by atoms with Crippen molar-refractivity contribution >= 4 is 15.9 Å². The van der Waals surface area contributed by atoms with Crippen molar-refractivity contribution in [3.63, 3.8) is 0 Å². The lowest BCUT2D eigenvalue weighted by atomic mass is 9.93. The number of benzene rings is 1. The normalized spacial score (nSPS) is 15.8. The number of aromatic nitrogens is 5. The Morgan fingerprint density at radius 3 is 2.85 bits per heavy atom. The maximum absolute atomic E-state index is 13.6. The fourth-order valence-corrected chi connectivity index (χ4v) is 3.82.